The summed E-state index contributed by atoms with van der Waals surface area (Å²) >= 11 is 0. The first-order chi connectivity index (χ1) is 13.2. The molecule has 0 aliphatic heterocycles. The number of aliphatic imine (C=N–C) groups is 1. The van der Waals surface area contributed by atoms with Gasteiger partial charge in [0.25, 0.3) is 0 Å². The third-order valence-electron chi connectivity index (χ3n) is 3.97. The predicted octanol–water partition coefficient (Wildman–Crippen LogP) is 3.00. The molecule has 0 unspecified atom stereocenters. The van der Waals surface area contributed by atoms with Crippen LogP contribution in [0.2, 0.25) is 0 Å². The van der Waals surface area contributed by atoms with E-state index in [0.717, 1.165) is 29.4 Å². The molecule has 3 aromatic rings. The van der Waals surface area contributed by atoms with Crippen LogP contribution in [-0.2, 0) is 13.1 Å². The highest BCUT2D eigenvalue weighted by molar-refractivity contribution is 5.79. The Bertz CT molecular complexity index is 891. The number of nitrogens with zero attached hydrogens (tertiary/aromatic N) is 5. The van der Waals surface area contributed by atoms with Gasteiger partial charge in [-0.25, -0.2) is 19.0 Å². The summed E-state index contributed by atoms with van der Waals surface area (Å²) in [6.07, 6.45) is 5.33. The van der Waals surface area contributed by atoms with Gasteiger partial charge in [-0.05, 0) is 48.4 Å². The lowest BCUT2D eigenvalue weighted by Crippen LogP contribution is -2.38. The third kappa shape index (κ3) is 5.13. The molecule has 7 heteroatoms. The Morgan fingerprint density at radius 2 is 2.07 bits per heavy atom. The topological polar surface area (TPSA) is 58.3 Å². The maximum Gasteiger partial charge on any atom is 0.194 e. The molecular formula is C20H23FN6. The Morgan fingerprint density at radius 3 is 2.81 bits per heavy atom. The average molecular weight is 366 g/mol. The van der Waals surface area contributed by atoms with Crippen LogP contribution in [0, 0.1) is 5.82 Å². The quantitative estimate of drug-likeness (QED) is 0.538. The van der Waals surface area contributed by atoms with E-state index in [2.05, 4.69) is 15.4 Å². The lowest BCUT2D eigenvalue weighted by atomic mass is 10.2. The molecule has 0 aliphatic carbocycles. The fourth-order valence-corrected chi connectivity index (χ4v) is 2.71. The van der Waals surface area contributed by atoms with E-state index in [4.69, 9.17) is 4.99 Å². The molecule has 0 atom stereocenters. The molecule has 0 bridgehead atoms. The van der Waals surface area contributed by atoms with Gasteiger partial charge in [0.1, 0.15) is 5.82 Å². The highest BCUT2D eigenvalue weighted by Crippen LogP contribution is 2.09. The zero-order chi connectivity index (χ0) is 19.1. The Kier molecular flexibility index (Phi) is 6.14. The minimum Gasteiger partial charge on any atom is -0.357 e. The second kappa shape index (κ2) is 8.93. The van der Waals surface area contributed by atoms with E-state index < -0.39 is 0 Å². The number of rotatable bonds is 6. The van der Waals surface area contributed by atoms with Crippen LogP contribution in [-0.4, -0.2) is 39.2 Å². The molecule has 0 amide bonds. The van der Waals surface area contributed by atoms with Crippen LogP contribution < -0.4 is 5.32 Å². The number of nitrogens with one attached hydrogen (secondary N) is 1. The molecule has 6 nitrogen and oxygen atoms in total. The van der Waals surface area contributed by atoms with Crippen molar-refractivity contribution in [2.45, 2.75) is 20.0 Å². The van der Waals surface area contributed by atoms with Crippen LogP contribution in [0.5, 0.6) is 0 Å². The number of hydrogen-bond acceptors (Lipinski definition) is 3. The molecule has 27 heavy (non-hydrogen) atoms. The number of pyridine rings is 1. The minimum absolute atomic E-state index is 0.231. The molecule has 0 spiro atoms. The molecule has 2 heterocycles. The van der Waals surface area contributed by atoms with Gasteiger partial charge < -0.3 is 10.2 Å². The second-order valence-electron chi connectivity index (χ2n) is 6.13. The van der Waals surface area contributed by atoms with E-state index in [-0.39, 0.29) is 5.82 Å². The molecule has 0 saturated heterocycles. The van der Waals surface area contributed by atoms with Crippen molar-refractivity contribution in [1.29, 1.82) is 0 Å². The monoisotopic (exact) mass is 366 g/mol. The summed E-state index contributed by atoms with van der Waals surface area (Å²) in [5.74, 6) is 1.29. The Hall–Kier alpha value is -3.22. The summed E-state index contributed by atoms with van der Waals surface area (Å²) in [6, 6.07) is 12.4. The standard InChI is InChI=1S/C20H23FN6/c1-3-22-20(26(2)15-17-6-4-7-18(21)12-17)24-14-16-8-10-23-19(13-16)27-11-5-9-25-27/h4-13H,3,14-15H2,1-2H3,(H,22,24). The van der Waals surface area contributed by atoms with Gasteiger partial charge in [0, 0.05) is 38.7 Å². The first kappa shape index (κ1) is 18.6. The zero-order valence-electron chi connectivity index (χ0n) is 15.5. The highest BCUT2D eigenvalue weighted by Gasteiger charge is 2.08. The van der Waals surface area contributed by atoms with Crippen LogP contribution >= 0.6 is 0 Å². The predicted molar refractivity (Wildman–Crippen MR) is 104 cm³/mol. The van der Waals surface area contributed by atoms with Gasteiger partial charge in [0.15, 0.2) is 11.8 Å². The summed E-state index contributed by atoms with van der Waals surface area (Å²) in [5.41, 5.74) is 1.93. The van der Waals surface area contributed by atoms with Crippen molar-refractivity contribution in [1.82, 2.24) is 25.0 Å². The largest absolute Gasteiger partial charge is 0.357 e. The van der Waals surface area contributed by atoms with Crippen molar-refractivity contribution in [2.24, 2.45) is 4.99 Å². The summed E-state index contributed by atoms with van der Waals surface area (Å²) < 4.78 is 15.1. The van der Waals surface area contributed by atoms with Crippen LogP contribution in [0.3, 0.4) is 0 Å². The summed E-state index contributed by atoms with van der Waals surface area (Å²) in [6.45, 7) is 3.85. The van der Waals surface area contributed by atoms with Crippen molar-refractivity contribution in [3.8, 4) is 5.82 Å². The Labute approximate surface area is 158 Å². The molecule has 0 saturated carbocycles. The normalized spacial score (nSPS) is 11.4. The van der Waals surface area contributed by atoms with Gasteiger partial charge in [-0.2, -0.15) is 5.10 Å². The van der Waals surface area contributed by atoms with Crippen LogP contribution in [0.15, 0.2) is 66.0 Å². The molecule has 1 aromatic carbocycles. The van der Waals surface area contributed by atoms with Crippen molar-refractivity contribution >= 4 is 5.96 Å². The summed E-state index contributed by atoms with van der Waals surface area (Å²) in [4.78, 5) is 11.0. The molecule has 0 fully saturated rings. The molecule has 3 rings (SSSR count). The molecule has 2 aromatic heterocycles. The Morgan fingerprint density at radius 1 is 1.19 bits per heavy atom. The van der Waals surface area contributed by atoms with Gasteiger partial charge in [-0.1, -0.05) is 12.1 Å². The fraction of sp³-hybridized carbons (Fsp3) is 0.250. The molecule has 140 valence electrons. The first-order valence-corrected chi connectivity index (χ1v) is 8.84. The van der Waals surface area contributed by atoms with Gasteiger partial charge in [-0.3, -0.25) is 0 Å². The number of guanidine groups is 1. The fourth-order valence-electron chi connectivity index (χ4n) is 2.71. The summed E-state index contributed by atoms with van der Waals surface area (Å²) in [5, 5.41) is 7.48. The van der Waals surface area contributed by atoms with E-state index >= 15 is 0 Å². The van der Waals surface area contributed by atoms with Crippen LogP contribution in [0.4, 0.5) is 4.39 Å². The third-order valence-corrected chi connectivity index (χ3v) is 3.97. The lowest BCUT2D eigenvalue weighted by Gasteiger charge is -2.22. The molecule has 0 aliphatic rings. The number of halogens is 1. The second-order valence-corrected chi connectivity index (χ2v) is 6.13. The van der Waals surface area contributed by atoms with Crippen molar-refractivity contribution in [2.75, 3.05) is 13.6 Å². The maximum absolute atomic E-state index is 13.4. The average Bonchev–Trinajstić information content (AvgIpc) is 3.20. The highest BCUT2D eigenvalue weighted by atomic mass is 19.1. The number of hydrogen-bond donors (Lipinski definition) is 1. The summed E-state index contributed by atoms with van der Waals surface area (Å²) in [7, 11) is 1.94. The van der Waals surface area contributed by atoms with Gasteiger partial charge >= 0.3 is 0 Å². The van der Waals surface area contributed by atoms with Crippen molar-refractivity contribution in [3.05, 3.63) is 78.0 Å². The maximum atomic E-state index is 13.4. The first-order valence-electron chi connectivity index (χ1n) is 8.84. The molecule has 0 radical (unpaired) electrons. The van der Waals surface area contributed by atoms with Crippen LogP contribution in [0.25, 0.3) is 5.82 Å². The van der Waals surface area contributed by atoms with Gasteiger partial charge in [-0.15, -0.1) is 0 Å². The minimum atomic E-state index is -0.231. The number of benzene rings is 1. The zero-order valence-corrected chi connectivity index (χ0v) is 15.5. The number of aromatic nitrogens is 3. The van der Waals surface area contributed by atoms with Gasteiger partial charge in [0.05, 0.1) is 6.54 Å². The Balaban J connectivity index is 1.72. The smallest absolute Gasteiger partial charge is 0.194 e. The van der Waals surface area contributed by atoms with Gasteiger partial charge in [0.2, 0.25) is 0 Å². The lowest BCUT2D eigenvalue weighted by molar-refractivity contribution is 0.474. The van der Waals surface area contributed by atoms with E-state index in [1.54, 1.807) is 29.2 Å². The SMILES string of the molecule is CCNC(=NCc1ccnc(-n2cccn2)c1)N(C)Cc1cccc(F)c1. The van der Waals surface area contributed by atoms with E-state index in [1.165, 1.54) is 6.07 Å². The van der Waals surface area contributed by atoms with E-state index in [0.29, 0.717) is 13.1 Å². The van der Waals surface area contributed by atoms with Crippen LogP contribution in [0.1, 0.15) is 18.1 Å². The van der Waals surface area contributed by atoms with E-state index in [1.807, 2.05) is 49.3 Å². The van der Waals surface area contributed by atoms with E-state index in [9.17, 15) is 4.39 Å². The van der Waals surface area contributed by atoms with Crippen molar-refractivity contribution in [3.63, 3.8) is 0 Å². The molecular weight excluding hydrogens is 343 g/mol. The van der Waals surface area contributed by atoms with Crippen molar-refractivity contribution < 1.29 is 4.39 Å². The molecule has 1 N–H and O–H groups in total.